The molecule has 2 fully saturated rings. The molecule has 6 aromatic carbocycles. The van der Waals surface area contributed by atoms with Crippen molar-refractivity contribution in [2.75, 3.05) is 86.6 Å². The maximum Gasteiger partial charge on any atom is 0.410 e. The maximum absolute atomic E-state index is 14.9. The van der Waals surface area contributed by atoms with Crippen LogP contribution in [0, 0.1) is 18.7 Å². The van der Waals surface area contributed by atoms with E-state index in [0.29, 0.717) is 143 Å². The minimum absolute atomic E-state index is 0.0192. The Kier molecular flexibility index (Phi) is 38.2. The van der Waals surface area contributed by atoms with Gasteiger partial charge in [0.1, 0.15) is 95.7 Å². The van der Waals surface area contributed by atoms with E-state index in [1.54, 1.807) is 128 Å². The van der Waals surface area contributed by atoms with Crippen molar-refractivity contribution in [2.24, 2.45) is 11.7 Å². The number of halogens is 2. The van der Waals surface area contributed by atoms with Crippen molar-refractivity contribution in [3.05, 3.63) is 190 Å². The molecular weight excluding hydrogens is 1910 g/mol. The highest BCUT2D eigenvalue weighted by Crippen LogP contribution is 2.50. The summed E-state index contributed by atoms with van der Waals surface area (Å²) in [6, 6.07) is 33.0. The fourth-order valence-corrected chi connectivity index (χ4v) is 17.4. The third-order valence-electron chi connectivity index (χ3n) is 23.1. The van der Waals surface area contributed by atoms with Gasteiger partial charge in [0.2, 0.25) is 42.1 Å². The lowest BCUT2D eigenvalue weighted by Gasteiger charge is -2.42. The molecule has 9 aromatic rings. The Morgan fingerprint density at radius 3 is 2.01 bits per heavy atom. The standard InChI is InChI=1S/C102H121ClFN13O26S/c1-57(2)83(114-100(129)143-102(10,11)12)91(123)112-73(25-22-41-107-98(105)127)90(122)111-68-35-32-65(66(49-68)52-115(13)79(121)51-74(94(124)142-101(7,8)9)113-99(128)141-97-87(138-61(6)120)85(137-60(5)119)84(136-59(4)118)86(140-97)96(126)132-17)53-117(14)46-43-116(44-47-117)45-48-133-77-39-38-71(58(3)82(77)103)80-81-92(108-56-109-93(81)144-88(80)63-30-33-67(104)34-31-63)139-78(95(125)135-54-62-28-36-70(130-15)37-29-62)50-64-23-18-20-26-75(64)134-55-69-40-42-106-89(110-69)72-24-19-21-27-76(72)131-16/h18-21,23-24,26-40,42,49,56-57,73-74,78,83-87,97H,22,25,41,43-48,50-55H2,1-17H3,(H6-,105,107,111,112,113,114,122,123,127,128,129)/p+1/t73-,74-,78+,83-,84-,85-,86-,87+,97?/m0/s1. The summed E-state index contributed by atoms with van der Waals surface area (Å²) >= 11 is 8.77. The zero-order valence-corrected chi connectivity index (χ0v) is 84.8. The number of likely N-dealkylation sites (N-methyl/N-ethyl adjacent to an activating group) is 1. The number of methoxy groups -OCH3 is 3. The number of piperazine rings is 1. The number of fused-ring (bicyclic) bond motifs is 1. The monoisotopic (exact) mass is 2030 g/mol. The summed E-state index contributed by atoms with van der Waals surface area (Å²) in [5.74, 6) is -6.81. The molecule has 0 bridgehead atoms. The second kappa shape index (κ2) is 50.0. The lowest BCUT2D eigenvalue weighted by atomic mass is 9.96. The van der Waals surface area contributed by atoms with Gasteiger partial charge in [-0.3, -0.25) is 33.7 Å². The van der Waals surface area contributed by atoms with Gasteiger partial charge in [0, 0.05) is 94.9 Å². The van der Waals surface area contributed by atoms with E-state index in [1.165, 1.54) is 62.5 Å². The number of thiophene rings is 1. The van der Waals surface area contributed by atoms with E-state index in [4.69, 9.17) is 98.6 Å². The smallest absolute Gasteiger partial charge is 0.410 e. The first kappa shape index (κ1) is 110. The predicted molar refractivity (Wildman–Crippen MR) is 525 cm³/mol. The molecule has 39 nitrogen and oxygen atoms in total. The molecule has 5 heterocycles. The number of carbonyl (C=O) groups excluding carboxylic acids is 12. The van der Waals surface area contributed by atoms with Crippen molar-refractivity contribution >= 4 is 111 Å². The number of anilines is 1. The number of aromatic nitrogens is 4. The molecule has 2 aliphatic heterocycles. The first-order valence-electron chi connectivity index (χ1n) is 46.4. The number of hydrogen-bond acceptors (Lipinski definition) is 32. The van der Waals surface area contributed by atoms with E-state index >= 15 is 0 Å². The molecule has 144 heavy (non-hydrogen) atoms. The fraction of sp³-hybridized carbons (Fsp3) is 0.431. The van der Waals surface area contributed by atoms with Gasteiger partial charge in [0.05, 0.1) is 69.6 Å². The Bertz CT molecular complexity index is 6090. The highest BCUT2D eigenvalue weighted by Gasteiger charge is 2.57. The normalized spacial score (nSPS) is 16.5. The first-order chi connectivity index (χ1) is 68.4. The van der Waals surface area contributed by atoms with Crippen LogP contribution in [0.15, 0.2) is 146 Å². The van der Waals surface area contributed by atoms with Crippen molar-refractivity contribution < 1.29 is 133 Å². The van der Waals surface area contributed by atoms with Gasteiger partial charge in [-0.25, -0.2) is 53.1 Å². The quantitative estimate of drug-likeness (QED) is 0.00895. The Labute approximate surface area is 841 Å². The van der Waals surface area contributed by atoms with Gasteiger partial charge in [-0.15, -0.1) is 11.3 Å². The lowest BCUT2D eigenvalue weighted by Crippen LogP contribution is -2.64. The molecule has 1 unspecified atom stereocenters. The Morgan fingerprint density at radius 2 is 1.35 bits per heavy atom. The van der Waals surface area contributed by atoms with Crippen LogP contribution in [0.2, 0.25) is 5.02 Å². The number of alkyl carbamates (subject to hydrolysis) is 2. The molecule has 0 spiro atoms. The van der Waals surface area contributed by atoms with E-state index in [-0.39, 0.29) is 68.8 Å². The Morgan fingerprint density at radius 1 is 0.681 bits per heavy atom. The second-order valence-electron chi connectivity index (χ2n) is 37.0. The van der Waals surface area contributed by atoms with Crippen LogP contribution in [0.25, 0.3) is 43.2 Å². The average Bonchev–Trinajstić information content (AvgIpc) is 1.59. The fourth-order valence-electron chi connectivity index (χ4n) is 16.0. The van der Waals surface area contributed by atoms with Crippen LogP contribution in [-0.4, -0.2) is 253 Å². The Balaban J connectivity index is 0.840. The number of nitrogens with one attached hydrogen (secondary N) is 5. The number of rotatable bonds is 42. The highest BCUT2D eigenvalue weighted by molar-refractivity contribution is 7.22. The summed E-state index contributed by atoms with van der Waals surface area (Å²) in [7, 11) is 7.58. The molecule has 9 atom stereocenters. The third kappa shape index (κ3) is 30.8. The largest absolute Gasteiger partial charge is 0.497 e. The summed E-state index contributed by atoms with van der Waals surface area (Å²) in [5, 5.41) is 13.8. The van der Waals surface area contributed by atoms with Crippen LogP contribution in [0.3, 0.4) is 0 Å². The molecule has 0 radical (unpaired) electrons. The molecule has 2 aliphatic rings. The van der Waals surface area contributed by atoms with Gasteiger partial charge >= 0.3 is 54.0 Å². The number of nitrogens with zero attached hydrogens (tertiary/aromatic N) is 7. The number of carbonyl (C=O) groups is 12. The van der Waals surface area contributed by atoms with E-state index in [9.17, 15) is 61.9 Å². The number of benzene rings is 6. The Hall–Kier alpha value is -14.4. The number of nitrogens with two attached hydrogens (primary N) is 1. The number of urea groups is 1. The van der Waals surface area contributed by atoms with Crippen LogP contribution in [0.4, 0.5) is 24.5 Å². The summed E-state index contributed by atoms with van der Waals surface area (Å²) < 4.78 is 96.0. The van der Waals surface area contributed by atoms with Gasteiger partial charge in [0.15, 0.2) is 24.1 Å². The highest BCUT2D eigenvalue weighted by atomic mass is 35.5. The molecule has 770 valence electrons. The lowest BCUT2D eigenvalue weighted by molar-refractivity contribution is -0.926. The minimum atomic E-state index is -2.16. The molecule has 11 rings (SSSR count). The van der Waals surface area contributed by atoms with Crippen LogP contribution >= 0.6 is 22.9 Å². The molecule has 0 aliphatic carbocycles. The maximum atomic E-state index is 14.9. The van der Waals surface area contributed by atoms with Gasteiger partial charge in [0.25, 0.3) is 0 Å². The molecular formula is C102H122ClFN13O26S+. The van der Waals surface area contributed by atoms with E-state index in [0.717, 1.165) is 27.9 Å². The average molecular weight is 2030 g/mol. The van der Waals surface area contributed by atoms with Crippen molar-refractivity contribution in [3.63, 3.8) is 0 Å². The molecule has 0 saturated carbocycles. The van der Waals surface area contributed by atoms with Crippen LogP contribution < -0.4 is 56.0 Å². The minimum Gasteiger partial charge on any atom is -0.497 e. The number of para-hydroxylation sites is 2. The van der Waals surface area contributed by atoms with Crippen molar-refractivity contribution in [1.82, 2.24) is 51.0 Å². The van der Waals surface area contributed by atoms with Crippen LogP contribution in [0.5, 0.6) is 28.9 Å². The van der Waals surface area contributed by atoms with E-state index in [1.807, 2.05) is 55.5 Å². The zero-order valence-electron chi connectivity index (χ0n) is 83.2. The number of primary amides is 1. The van der Waals surface area contributed by atoms with Crippen molar-refractivity contribution in [1.29, 1.82) is 0 Å². The molecule has 2 saturated heterocycles. The summed E-state index contributed by atoms with van der Waals surface area (Å²) in [4.78, 5) is 187. The van der Waals surface area contributed by atoms with Gasteiger partial charge in [-0.05, 0) is 167 Å². The van der Waals surface area contributed by atoms with Gasteiger partial charge in [-0.1, -0.05) is 92.2 Å². The van der Waals surface area contributed by atoms with Crippen molar-refractivity contribution in [2.45, 2.75) is 201 Å². The number of hydrogen-bond donors (Lipinski definition) is 6. The van der Waals surface area contributed by atoms with Gasteiger partial charge in [-0.2, -0.15) is 0 Å². The third-order valence-corrected chi connectivity index (χ3v) is 24.7. The van der Waals surface area contributed by atoms with Crippen LogP contribution in [0.1, 0.15) is 129 Å². The number of amides is 7. The molecule has 42 heteroatoms. The summed E-state index contributed by atoms with van der Waals surface area (Å²) in [6.07, 6.45) is -11.3. The molecule has 7 N–H and O–H groups in total. The zero-order chi connectivity index (χ0) is 105. The van der Waals surface area contributed by atoms with Gasteiger partial charge < -0.3 is 108 Å². The van der Waals surface area contributed by atoms with Crippen LogP contribution in [-0.2, 0) is 119 Å². The summed E-state index contributed by atoms with van der Waals surface area (Å²) in [6.45, 7) is 20.6. The molecule has 3 aromatic heterocycles. The van der Waals surface area contributed by atoms with E-state index < -0.39 is 156 Å². The predicted octanol–water partition coefficient (Wildman–Crippen LogP) is 12.2. The number of quaternary nitrogens is 1. The second-order valence-corrected chi connectivity index (χ2v) is 38.3. The topological polar surface area (TPSA) is 478 Å². The number of esters is 6. The van der Waals surface area contributed by atoms with E-state index in [2.05, 4.69) is 43.5 Å². The SMILES string of the molecule is COC(=O)[C@H]1OC(OC(=O)N[C@@H](CC(=O)N(C)Cc2cc(NC(=O)[C@H](CCCNC(N)=O)NC(=O)[C@@H](NC(=O)OC(C)(C)C)C(C)C)ccc2C[N+]2(C)CCN(CCOc3ccc(-c4c(-c5ccc(F)cc5)sc5ncnc(O[C@H](Cc6ccccc6OCc6ccnc(-c7ccccc7OC)n6)C(=O)OCc6ccc(OC)cc6)c45)c(C)c3Cl)CC2)C(=O)OC(C)(C)C)[C@H](OC(C)=O)[C@@H](OC(C)=O)[C@@H]1OC(C)=O. The van der Waals surface area contributed by atoms with Crippen molar-refractivity contribution in [3.8, 4) is 61.8 Å². The summed E-state index contributed by atoms with van der Waals surface area (Å²) in [5.41, 5.74) is 9.57. The first-order valence-corrected chi connectivity index (χ1v) is 47.6. The number of ether oxygens (including phenoxy) is 14. The molecule has 7 amide bonds.